The second kappa shape index (κ2) is 4.32. The lowest BCUT2D eigenvalue weighted by Crippen LogP contribution is -2.08. The highest BCUT2D eigenvalue weighted by Crippen LogP contribution is 2.22. The fraction of sp³-hybridized carbons (Fsp3) is 0.273. The van der Waals surface area contributed by atoms with E-state index in [1.807, 2.05) is 31.2 Å². The van der Waals surface area contributed by atoms with Crippen molar-refractivity contribution in [1.82, 2.24) is 14.8 Å². The van der Waals surface area contributed by atoms with E-state index in [9.17, 15) is 0 Å². The van der Waals surface area contributed by atoms with E-state index in [-0.39, 0.29) is 0 Å². The molecule has 16 heavy (non-hydrogen) atoms. The van der Waals surface area contributed by atoms with Crippen molar-refractivity contribution in [3.8, 4) is 11.4 Å². The SMILES string of the molecule is COc1ccccc1-n1nc(C)nc1CN. The minimum Gasteiger partial charge on any atom is -0.494 e. The minimum absolute atomic E-state index is 0.346. The maximum Gasteiger partial charge on any atom is 0.148 e. The van der Waals surface area contributed by atoms with Crippen LogP contribution in [0, 0.1) is 6.92 Å². The molecule has 0 spiro atoms. The largest absolute Gasteiger partial charge is 0.494 e. The lowest BCUT2D eigenvalue weighted by molar-refractivity contribution is 0.411. The number of nitrogens with zero attached hydrogens (tertiary/aromatic N) is 3. The van der Waals surface area contributed by atoms with Crippen molar-refractivity contribution < 1.29 is 4.74 Å². The van der Waals surface area contributed by atoms with E-state index < -0.39 is 0 Å². The molecule has 0 aliphatic rings. The number of hydrogen-bond acceptors (Lipinski definition) is 4. The Balaban J connectivity index is 2.57. The summed E-state index contributed by atoms with van der Waals surface area (Å²) in [5.74, 6) is 2.18. The second-order valence-corrected chi connectivity index (χ2v) is 3.36. The van der Waals surface area contributed by atoms with E-state index in [1.165, 1.54) is 0 Å². The summed E-state index contributed by atoms with van der Waals surface area (Å²) in [6.07, 6.45) is 0. The van der Waals surface area contributed by atoms with E-state index >= 15 is 0 Å². The van der Waals surface area contributed by atoms with Gasteiger partial charge in [0, 0.05) is 0 Å². The van der Waals surface area contributed by atoms with E-state index in [0.29, 0.717) is 12.4 Å². The molecule has 2 N–H and O–H groups in total. The first-order valence-electron chi connectivity index (χ1n) is 5.02. The molecule has 2 aromatic rings. The van der Waals surface area contributed by atoms with Crippen molar-refractivity contribution in [3.63, 3.8) is 0 Å². The molecular weight excluding hydrogens is 204 g/mol. The Hall–Kier alpha value is -1.88. The molecule has 1 aromatic carbocycles. The highest BCUT2D eigenvalue weighted by atomic mass is 16.5. The van der Waals surface area contributed by atoms with Gasteiger partial charge in [0.05, 0.1) is 13.7 Å². The molecule has 0 saturated heterocycles. The number of benzene rings is 1. The standard InChI is InChI=1S/C11H14N4O/c1-8-13-11(7-12)15(14-8)9-5-3-4-6-10(9)16-2/h3-6H,7,12H2,1-2H3. The molecule has 1 heterocycles. The molecular formula is C11H14N4O. The topological polar surface area (TPSA) is 66.0 Å². The summed E-state index contributed by atoms with van der Waals surface area (Å²) in [5, 5.41) is 4.31. The maximum atomic E-state index is 5.63. The van der Waals surface area contributed by atoms with Gasteiger partial charge < -0.3 is 10.5 Å². The molecule has 5 heteroatoms. The summed E-state index contributed by atoms with van der Waals surface area (Å²) >= 11 is 0. The van der Waals surface area contributed by atoms with Crippen LogP contribution in [0.5, 0.6) is 5.75 Å². The quantitative estimate of drug-likeness (QED) is 0.836. The molecule has 0 bridgehead atoms. The molecule has 0 radical (unpaired) electrons. The third kappa shape index (κ3) is 1.77. The van der Waals surface area contributed by atoms with Crippen molar-refractivity contribution in [2.24, 2.45) is 5.73 Å². The highest BCUT2D eigenvalue weighted by molar-refractivity contribution is 5.46. The van der Waals surface area contributed by atoms with Crippen LogP contribution in [0.15, 0.2) is 24.3 Å². The molecule has 0 aliphatic carbocycles. The first-order valence-corrected chi connectivity index (χ1v) is 5.02. The van der Waals surface area contributed by atoms with Gasteiger partial charge in [0.2, 0.25) is 0 Å². The smallest absolute Gasteiger partial charge is 0.148 e. The summed E-state index contributed by atoms with van der Waals surface area (Å²) in [6.45, 7) is 2.18. The van der Waals surface area contributed by atoms with E-state index in [2.05, 4.69) is 10.1 Å². The Labute approximate surface area is 93.9 Å². The van der Waals surface area contributed by atoms with Crippen molar-refractivity contribution in [1.29, 1.82) is 0 Å². The molecule has 0 saturated carbocycles. The fourth-order valence-electron chi connectivity index (χ4n) is 1.59. The predicted molar refractivity (Wildman–Crippen MR) is 60.5 cm³/mol. The third-order valence-electron chi connectivity index (χ3n) is 2.28. The number of rotatable bonds is 3. The lowest BCUT2D eigenvalue weighted by Gasteiger charge is -2.09. The number of nitrogens with two attached hydrogens (primary N) is 1. The van der Waals surface area contributed by atoms with Gasteiger partial charge >= 0.3 is 0 Å². The number of hydrogen-bond donors (Lipinski definition) is 1. The molecule has 0 unspecified atom stereocenters. The van der Waals surface area contributed by atoms with Crippen molar-refractivity contribution in [2.75, 3.05) is 7.11 Å². The Bertz CT molecular complexity index is 492. The van der Waals surface area contributed by atoms with Gasteiger partial charge in [-0.05, 0) is 19.1 Å². The van der Waals surface area contributed by atoms with Crippen LogP contribution in [0.4, 0.5) is 0 Å². The number of para-hydroxylation sites is 2. The Morgan fingerprint density at radius 3 is 2.81 bits per heavy atom. The zero-order valence-electron chi connectivity index (χ0n) is 9.34. The number of aryl methyl sites for hydroxylation is 1. The molecule has 1 aromatic heterocycles. The zero-order chi connectivity index (χ0) is 11.5. The van der Waals surface area contributed by atoms with Crippen molar-refractivity contribution >= 4 is 0 Å². The minimum atomic E-state index is 0.346. The van der Waals surface area contributed by atoms with E-state index in [1.54, 1.807) is 11.8 Å². The van der Waals surface area contributed by atoms with Gasteiger partial charge in [-0.25, -0.2) is 9.67 Å². The van der Waals surface area contributed by atoms with Gasteiger partial charge in [0.25, 0.3) is 0 Å². The fourth-order valence-corrected chi connectivity index (χ4v) is 1.59. The average molecular weight is 218 g/mol. The van der Waals surface area contributed by atoms with Crippen LogP contribution in [0.2, 0.25) is 0 Å². The predicted octanol–water partition coefficient (Wildman–Crippen LogP) is 1.04. The van der Waals surface area contributed by atoms with Gasteiger partial charge in [0.1, 0.15) is 23.1 Å². The molecule has 2 rings (SSSR count). The average Bonchev–Trinajstić information content (AvgIpc) is 2.70. The summed E-state index contributed by atoms with van der Waals surface area (Å²) in [4.78, 5) is 4.25. The Morgan fingerprint density at radius 1 is 1.38 bits per heavy atom. The highest BCUT2D eigenvalue weighted by Gasteiger charge is 2.11. The second-order valence-electron chi connectivity index (χ2n) is 3.36. The summed E-state index contributed by atoms with van der Waals surface area (Å²) in [5.41, 5.74) is 6.48. The normalized spacial score (nSPS) is 10.4. The molecule has 0 fully saturated rings. The van der Waals surface area contributed by atoms with E-state index in [0.717, 1.165) is 17.3 Å². The molecule has 0 aliphatic heterocycles. The Kier molecular flexibility index (Phi) is 2.87. The van der Waals surface area contributed by atoms with Gasteiger partial charge in [-0.3, -0.25) is 0 Å². The molecule has 84 valence electrons. The van der Waals surface area contributed by atoms with E-state index in [4.69, 9.17) is 10.5 Å². The number of aromatic nitrogens is 3. The summed E-state index contributed by atoms with van der Waals surface area (Å²) < 4.78 is 7.00. The van der Waals surface area contributed by atoms with Crippen LogP contribution in [-0.4, -0.2) is 21.9 Å². The van der Waals surface area contributed by atoms with Crippen LogP contribution in [0.3, 0.4) is 0 Å². The van der Waals surface area contributed by atoms with Crippen molar-refractivity contribution in [2.45, 2.75) is 13.5 Å². The van der Waals surface area contributed by atoms with Gasteiger partial charge in [-0.2, -0.15) is 5.10 Å². The maximum absolute atomic E-state index is 5.63. The lowest BCUT2D eigenvalue weighted by atomic mass is 10.3. The molecule has 5 nitrogen and oxygen atoms in total. The van der Waals surface area contributed by atoms with Crippen LogP contribution < -0.4 is 10.5 Å². The Morgan fingerprint density at radius 2 is 2.12 bits per heavy atom. The number of methoxy groups -OCH3 is 1. The first-order chi connectivity index (χ1) is 7.76. The van der Waals surface area contributed by atoms with Crippen LogP contribution in [0.25, 0.3) is 5.69 Å². The van der Waals surface area contributed by atoms with Crippen LogP contribution >= 0.6 is 0 Å². The van der Waals surface area contributed by atoms with Gasteiger partial charge in [-0.15, -0.1) is 0 Å². The zero-order valence-corrected chi connectivity index (χ0v) is 9.34. The van der Waals surface area contributed by atoms with Crippen molar-refractivity contribution in [3.05, 3.63) is 35.9 Å². The molecule has 0 atom stereocenters. The van der Waals surface area contributed by atoms with Gasteiger partial charge in [0.15, 0.2) is 0 Å². The first kappa shape index (κ1) is 10.6. The van der Waals surface area contributed by atoms with Gasteiger partial charge in [-0.1, -0.05) is 12.1 Å². The summed E-state index contributed by atoms with van der Waals surface area (Å²) in [7, 11) is 1.63. The monoisotopic (exact) mass is 218 g/mol. The molecule has 0 amide bonds. The van der Waals surface area contributed by atoms with Crippen LogP contribution in [-0.2, 0) is 6.54 Å². The van der Waals surface area contributed by atoms with Crippen LogP contribution in [0.1, 0.15) is 11.6 Å². The number of ether oxygens (including phenoxy) is 1. The third-order valence-corrected chi connectivity index (χ3v) is 2.28. The summed E-state index contributed by atoms with van der Waals surface area (Å²) in [6, 6.07) is 7.64.